The Balaban J connectivity index is 0.000000185. The summed E-state index contributed by atoms with van der Waals surface area (Å²) >= 11 is 0. The Kier molecular flexibility index (Phi) is 7.07. The van der Waals surface area contributed by atoms with Crippen molar-refractivity contribution in [1.29, 1.82) is 0 Å². The van der Waals surface area contributed by atoms with E-state index >= 15 is 0 Å². The van der Waals surface area contributed by atoms with Crippen LogP contribution in [0.4, 0.5) is 0 Å². The van der Waals surface area contributed by atoms with Crippen molar-refractivity contribution in [3.63, 3.8) is 0 Å². The Morgan fingerprint density at radius 1 is 1.17 bits per heavy atom. The van der Waals surface area contributed by atoms with Gasteiger partial charge in [0.15, 0.2) is 0 Å². The average molecular weight is 321 g/mol. The van der Waals surface area contributed by atoms with E-state index in [1.165, 1.54) is 31.1 Å². The van der Waals surface area contributed by atoms with Crippen molar-refractivity contribution in [2.45, 2.75) is 25.3 Å². The number of esters is 1. The van der Waals surface area contributed by atoms with E-state index in [1.807, 2.05) is 6.07 Å². The van der Waals surface area contributed by atoms with Crippen LogP contribution in [0.2, 0.25) is 0 Å². The second-order valence-electron chi connectivity index (χ2n) is 5.65. The summed E-state index contributed by atoms with van der Waals surface area (Å²) in [7, 11) is 1.37. The molecule has 0 aromatic heterocycles. The van der Waals surface area contributed by atoms with Gasteiger partial charge in [-0.25, -0.2) is 4.79 Å². The maximum Gasteiger partial charge on any atom is 0.337 e. The number of carbonyl (C=O) groups excluding carboxylic acids is 1. The first-order valence-electron chi connectivity index (χ1n) is 8.11. The van der Waals surface area contributed by atoms with E-state index in [0.717, 1.165) is 6.42 Å². The summed E-state index contributed by atoms with van der Waals surface area (Å²) in [4.78, 5) is 10.8. The number of carbonyl (C=O) groups is 1. The summed E-state index contributed by atoms with van der Waals surface area (Å²) < 4.78 is 4.50. The number of terminal acetylenes is 1. The molecule has 0 radical (unpaired) electrons. The van der Waals surface area contributed by atoms with Crippen molar-refractivity contribution in [3.8, 4) is 12.3 Å². The van der Waals surface area contributed by atoms with Crippen molar-refractivity contribution in [2.24, 2.45) is 0 Å². The molecule has 0 saturated heterocycles. The van der Waals surface area contributed by atoms with Gasteiger partial charge in [-0.15, -0.1) is 6.42 Å². The van der Waals surface area contributed by atoms with Crippen molar-refractivity contribution in [1.82, 2.24) is 5.32 Å². The highest BCUT2D eigenvalue weighted by Gasteiger charge is 2.16. The molecule has 2 aromatic rings. The molecule has 1 aliphatic carbocycles. The maximum atomic E-state index is 10.8. The normalized spacial score (nSPS) is 15.2. The van der Waals surface area contributed by atoms with Gasteiger partial charge < -0.3 is 10.1 Å². The predicted molar refractivity (Wildman–Crippen MR) is 96.9 cm³/mol. The zero-order chi connectivity index (χ0) is 17.2. The number of hydrogen-bond acceptors (Lipinski definition) is 3. The van der Waals surface area contributed by atoms with Crippen LogP contribution in [0, 0.1) is 12.3 Å². The lowest BCUT2D eigenvalue weighted by Crippen LogP contribution is -2.34. The van der Waals surface area contributed by atoms with Crippen LogP contribution in [0.25, 0.3) is 0 Å². The summed E-state index contributed by atoms with van der Waals surface area (Å²) in [5.41, 5.74) is 3.57. The van der Waals surface area contributed by atoms with E-state index in [9.17, 15) is 4.79 Å². The third-order valence-electron chi connectivity index (χ3n) is 4.03. The van der Waals surface area contributed by atoms with Crippen LogP contribution < -0.4 is 5.32 Å². The summed E-state index contributed by atoms with van der Waals surface area (Å²) in [5.74, 6) is 2.34. The van der Waals surface area contributed by atoms with E-state index < -0.39 is 0 Å². The highest BCUT2D eigenvalue weighted by Crippen LogP contribution is 2.20. The SMILES string of the molecule is C#CCNC1CCc2ccccc2C1.COC(=O)c1ccccc1. The molecule has 1 unspecified atom stereocenters. The lowest BCUT2D eigenvalue weighted by Gasteiger charge is -2.24. The smallest absolute Gasteiger partial charge is 0.337 e. The summed E-state index contributed by atoms with van der Waals surface area (Å²) in [6.07, 6.45) is 8.74. The molecule has 0 fully saturated rings. The molecule has 0 aliphatic heterocycles. The Morgan fingerprint density at radius 3 is 2.50 bits per heavy atom. The van der Waals surface area contributed by atoms with Gasteiger partial charge in [0.05, 0.1) is 19.2 Å². The molecule has 3 nitrogen and oxygen atoms in total. The molecule has 124 valence electrons. The van der Waals surface area contributed by atoms with Crippen LogP contribution >= 0.6 is 0 Å². The average Bonchev–Trinajstić information content (AvgIpc) is 2.66. The van der Waals surface area contributed by atoms with Crippen LogP contribution in [-0.2, 0) is 17.6 Å². The van der Waals surface area contributed by atoms with Crippen LogP contribution in [0.1, 0.15) is 27.9 Å². The van der Waals surface area contributed by atoms with Gasteiger partial charge in [0, 0.05) is 6.04 Å². The number of benzene rings is 2. The van der Waals surface area contributed by atoms with Gasteiger partial charge in [-0.05, 0) is 42.5 Å². The Labute approximate surface area is 144 Å². The number of ether oxygens (including phenoxy) is 1. The lowest BCUT2D eigenvalue weighted by molar-refractivity contribution is 0.0600. The fourth-order valence-electron chi connectivity index (χ4n) is 2.77. The lowest BCUT2D eigenvalue weighted by atomic mass is 9.88. The summed E-state index contributed by atoms with van der Waals surface area (Å²) in [5, 5.41) is 3.38. The number of rotatable bonds is 3. The van der Waals surface area contributed by atoms with Crippen LogP contribution in [0.5, 0.6) is 0 Å². The molecule has 1 aliphatic rings. The third kappa shape index (κ3) is 5.26. The monoisotopic (exact) mass is 321 g/mol. The summed E-state index contributed by atoms with van der Waals surface area (Å²) in [6.45, 7) is 0.687. The fourth-order valence-corrected chi connectivity index (χ4v) is 2.77. The number of fused-ring (bicyclic) bond motifs is 1. The fraction of sp³-hybridized carbons (Fsp3) is 0.286. The van der Waals surface area contributed by atoms with Crippen LogP contribution in [-0.4, -0.2) is 25.7 Å². The molecule has 1 N–H and O–H groups in total. The van der Waals surface area contributed by atoms with Crippen LogP contribution in [0.3, 0.4) is 0 Å². The van der Waals surface area contributed by atoms with Gasteiger partial charge in [0.1, 0.15) is 0 Å². The van der Waals surface area contributed by atoms with Gasteiger partial charge in [-0.2, -0.15) is 0 Å². The van der Waals surface area contributed by atoms with Crippen molar-refractivity contribution < 1.29 is 9.53 Å². The van der Waals surface area contributed by atoms with E-state index in [-0.39, 0.29) is 5.97 Å². The van der Waals surface area contributed by atoms with E-state index in [4.69, 9.17) is 6.42 Å². The number of hydrogen-bond donors (Lipinski definition) is 1. The highest BCUT2D eigenvalue weighted by molar-refractivity contribution is 5.89. The molecule has 0 saturated carbocycles. The van der Waals surface area contributed by atoms with E-state index in [2.05, 4.69) is 40.2 Å². The van der Waals surface area contributed by atoms with Gasteiger partial charge in [0.2, 0.25) is 0 Å². The topological polar surface area (TPSA) is 38.3 Å². The predicted octanol–water partition coefficient (Wildman–Crippen LogP) is 3.24. The van der Waals surface area contributed by atoms with E-state index in [0.29, 0.717) is 18.2 Å². The Bertz CT molecular complexity index is 688. The molecule has 1 atom stereocenters. The molecule has 0 spiro atoms. The highest BCUT2D eigenvalue weighted by atomic mass is 16.5. The number of nitrogens with one attached hydrogen (secondary N) is 1. The second kappa shape index (κ2) is 9.54. The standard InChI is InChI=1S/C13H15N.C8H8O2/c1-2-9-14-13-8-7-11-5-3-4-6-12(11)10-13;1-10-8(9)7-5-3-2-4-6-7/h1,3-6,13-14H,7-10H2;2-6H,1H3. The number of methoxy groups -OCH3 is 1. The van der Waals surface area contributed by atoms with Gasteiger partial charge in [-0.1, -0.05) is 48.4 Å². The van der Waals surface area contributed by atoms with Crippen molar-refractivity contribution in [2.75, 3.05) is 13.7 Å². The van der Waals surface area contributed by atoms with Gasteiger partial charge >= 0.3 is 5.97 Å². The molecule has 3 heteroatoms. The van der Waals surface area contributed by atoms with Crippen molar-refractivity contribution in [3.05, 3.63) is 71.3 Å². The molecule has 0 bridgehead atoms. The molecular formula is C21H23NO2. The van der Waals surface area contributed by atoms with E-state index in [1.54, 1.807) is 24.3 Å². The Hall–Kier alpha value is -2.57. The maximum absolute atomic E-state index is 10.8. The van der Waals surface area contributed by atoms with Crippen molar-refractivity contribution >= 4 is 5.97 Å². The first kappa shape index (κ1) is 17.8. The molecular weight excluding hydrogens is 298 g/mol. The first-order valence-corrected chi connectivity index (χ1v) is 8.11. The minimum Gasteiger partial charge on any atom is -0.465 e. The second-order valence-corrected chi connectivity index (χ2v) is 5.65. The largest absolute Gasteiger partial charge is 0.465 e. The quantitative estimate of drug-likeness (QED) is 0.697. The molecule has 3 rings (SSSR count). The Morgan fingerprint density at radius 2 is 1.83 bits per heavy atom. The van der Waals surface area contributed by atoms with Crippen LogP contribution in [0.15, 0.2) is 54.6 Å². The third-order valence-corrected chi connectivity index (χ3v) is 4.03. The minimum absolute atomic E-state index is 0.291. The summed E-state index contributed by atoms with van der Waals surface area (Å²) in [6, 6.07) is 18.1. The van der Waals surface area contributed by atoms with Gasteiger partial charge in [0.25, 0.3) is 0 Å². The zero-order valence-corrected chi connectivity index (χ0v) is 14.0. The molecule has 24 heavy (non-hydrogen) atoms. The first-order chi connectivity index (χ1) is 11.7. The van der Waals surface area contributed by atoms with Gasteiger partial charge in [-0.3, -0.25) is 0 Å². The molecule has 0 amide bonds. The molecule has 2 aromatic carbocycles. The number of aryl methyl sites for hydroxylation is 1. The zero-order valence-electron chi connectivity index (χ0n) is 14.0. The minimum atomic E-state index is -0.291. The molecule has 0 heterocycles.